The molecule has 0 aromatic heterocycles. The van der Waals surface area contributed by atoms with Crippen molar-refractivity contribution in [3.05, 3.63) is 39.4 Å². The maximum atomic E-state index is 6.21. The molecule has 0 atom stereocenters. The van der Waals surface area contributed by atoms with E-state index in [1.54, 1.807) is 0 Å². The first-order chi connectivity index (χ1) is 8.83. The number of ether oxygens (including phenoxy) is 1. The highest BCUT2D eigenvalue weighted by molar-refractivity contribution is 6.36. The zero-order valence-corrected chi connectivity index (χ0v) is 13.5. The van der Waals surface area contributed by atoms with Crippen molar-refractivity contribution in [2.24, 2.45) is 0 Å². The molecule has 0 aliphatic carbocycles. The van der Waals surface area contributed by atoms with E-state index in [1.807, 2.05) is 18.2 Å². The third-order valence-electron chi connectivity index (χ3n) is 2.36. The van der Waals surface area contributed by atoms with Crippen LogP contribution in [0.4, 0.5) is 0 Å². The molecule has 1 aromatic carbocycles. The minimum atomic E-state index is 0.00409. The van der Waals surface area contributed by atoms with Crippen LogP contribution in [0, 0.1) is 0 Å². The zero-order chi connectivity index (χ0) is 14.5. The van der Waals surface area contributed by atoms with Gasteiger partial charge < -0.3 is 10.1 Å². The number of nitrogens with one attached hydrogen (secondary N) is 1. The molecule has 0 aliphatic heterocycles. The van der Waals surface area contributed by atoms with Crippen LogP contribution in [-0.2, 0) is 6.54 Å². The van der Waals surface area contributed by atoms with Crippen molar-refractivity contribution >= 4 is 34.8 Å². The molecular weight excluding hydrogens is 305 g/mol. The summed E-state index contributed by atoms with van der Waals surface area (Å²) in [5.41, 5.74) is 2.21. The number of rotatable bonds is 5. The molecule has 0 bridgehead atoms. The van der Waals surface area contributed by atoms with Crippen LogP contribution in [-0.4, -0.2) is 12.1 Å². The summed E-state index contributed by atoms with van der Waals surface area (Å²) in [6.45, 7) is 7.14. The Morgan fingerprint density at radius 1 is 1.37 bits per heavy atom. The molecule has 0 radical (unpaired) electrons. The molecular formula is C14H18Cl3NO. The Morgan fingerprint density at radius 2 is 2.05 bits per heavy atom. The monoisotopic (exact) mass is 321 g/mol. The van der Waals surface area contributed by atoms with Gasteiger partial charge in [-0.3, -0.25) is 0 Å². The van der Waals surface area contributed by atoms with Crippen molar-refractivity contribution in [3.63, 3.8) is 0 Å². The Morgan fingerprint density at radius 3 is 2.63 bits per heavy atom. The molecule has 0 heterocycles. The molecule has 0 amide bonds. The lowest BCUT2D eigenvalue weighted by atomic mass is 10.1. The van der Waals surface area contributed by atoms with Crippen LogP contribution in [0.15, 0.2) is 28.8 Å². The van der Waals surface area contributed by atoms with E-state index in [-0.39, 0.29) is 12.1 Å². The molecule has 0 aliphatic rings. The summed E-state index contributed by atoms with van der Waals surface area (Å²) in [5.74, 6) is 0.709. The van der Waals surface area contributed by atoms with Gasteiger partial charge in [0.2, 0.25) is 0 Å². The SMILES string of the molecule is CC(C)(C)NCc1c(Cl)cccc1OC/C(Cl)=C/Cl. The van der Waals surface area contributed by atoms with Crippen LogP contribution in [0.2, 0.25) is 5.02 Å². The summed E-state index contributed by atoms with van der Waals surface area (Å²) in [6, 6.07) is 5.55. The van der Waals surface area contributed by atoms with Gasteiger partial charge in [0, 0.05) is 28.2 Å². The van der Waals surface area contributed by atoms with Crippen molar-refractivity contribution in [1.82, 2.24) is 5.32 Å². The van der Waals surface area contributed by atoms with Gasteiger partial charge in [-0.1, -0.05) is 40.9 Å². The molecule has 1 aromatic rings. The minimum absolute atomic E-state index is 0.00409. The number of hydrogen-bond acceptors (Lipinski definition) is 2. The average molecular weight is 323 g/mol. The van der Waals surface area contributed by atoms with Gasteiger partial charge >= 0.3 is 0 Å². The molecule has 1 N–H and O–H groups in total. The summed E-state index contributed by atoms with van der Waals surface area (Å²) in [7, 11) is 0. The minimum Gasteiger partial charge on any atom is -0.488 e. The summed E-state index contributed by atoms with van der Waals surface area (Å²) in [4.78, 5) is 0. The molecule has 0 unspecified atom stereocenters. The third-order valence-corrected chi connectivity index (χ3v) is 3.30. The van der Waals surface area contributed by atoms with E-state index in [9.17, 15) is 0 Å². The first-order valence-corrected chi connectivity index (χ1v) is 7.12. The van der Waals surface area contributed by atoms with E-state index in [4.69, 9.17) is 39.5 Å². The van der Waals surface area contributed by atoms with Crippen molar-refractivity contribution in [3.8, 4) is 5.75 Å². The Bertz CT molecular complexity index is 452. The van der Waals surface area contributed by atoms with Gasteiger partial charge in [-0.15, -0.1) is 0 Å². The van der Waals surface area contributed by atoms with Crippen molar-refractivity contribution in [1.29, 1.82) is 0 Å². The molecule has 0 spiro atoms. The Hall–Kier alpha value is -0.410. The highest BCUT2D eigenvalue weighted by atomic mass is 35.5. The normalized spacial score (nSPS) is 12.6. The maximum Gasteiger partial charge on any atom is 0.125 e. The van der Waals surface area contributed by atoms with E-state index >= 15 is 0 Å². The van der Waals surface area contributed by atoms with E-state index in [2.05, 4.69) is 26.1 Å². The second kappa shape index (κ2) is 7.39. The largest absolute Gasteiger partial charge is 0.488 e. The highest BCUT2D eigenvalue weighted by Crippen LogP contribution is 2.27. The van der Waals surface area contributed by atoms with E-state index in [0.717, 1.165) is 5.56 Å². The predicted molar refractivity (Wildman–Crippen MR) is 83.3 cm³/mol. The van der Waals surface area contributed by atoms with Crippen molar-refractivity contribution in [2.45, 2.75) is 32.9 Å². The fraction of sp³-hybridized carbons (Fsp3) is 0.429. The first kappa shape index (κ1) is 16.6. The number of benzene rings is 1. The summed E-state index contributed by atoms with van der Waals surface area (Å²) >= 11 is 17.5. The lowest BCUT2D eigenvalue weighted by molar-refractivity contribution is 0.349. The zero-order valence-electron chi connectivity index (χ0n) is 11.3. The van der Waals surface area contributed by atoms with Gasteiger partial charge in [0.1, 0.15) is 12.4 Å². The van der Waals surface area contributed by atoms with Crippen molar-refractivity contribution in [2.75, 3.05) is 6.61 Å². The van der Waals surface area contributed by atoms with Gasteiger partial charge in [0.05, 0.1) is 5.03 Å². The van der Waals surface area contributed by atoms with Gasteiger partial charge in [-0.25, -0.2) is 0 Å². The summed E-state index contributed by atoms with van der Waals surface area (Å²) in [6.07, 6.45) is 0. The molecule has 2 nitrogen and oxygen atoms in total. The highest BCUT2D eigenvalue weighted by Gasteiger charge is 2.13. The second-order valence-electron chi connectivity index (χ2n) is 5.16. The molecule has 5 heteroatoms. The molecule has 0 saturated heterocycles. The molecule has 0 saturated carbocycles. The van der Waals surface area contributed by atoms with E-state index in [1.165, 1.54) is 5.54 Å². The van der Waals surface area contributed by atoms with Gasteiger partial charge in [-0.2, -0.15) is 0 Å². The Labute approximate surface area is 129 Å². The van der Waals surface area contributed by atoms with Crippen molar-refractivity contribution < 1.29 is 4.74 Å². The number of halogens is 3. The Balaban J connectivity index is 2.83. The average Bonchev–Trinajstić information content (AvgIpc) is 2.33. The fourth-order valence-electron chi connectivity index (χ4n) is 1.38. The summed E-state index contributed by atoms with van der Waals surface area (Å²) < 4.78 is 5.63. The predicted octanol–water partition coefficient (Wildman–Crippen LogP) is 4.93. The van der Waals surface area contributed by atoms with Crippen LogP contribution >= 0.6 is 34.8 Å². The standard InChI is InChI=1S/C14H18Cl3NO/c1-14(2,3)18-8-11-12(17)5-4-6-13(11)19-9-10(16)7-15/h4-7,18H,8-9H2,1-3H3/b10-7-. The fourth-order valence-corrected chi connectivity index (χ4v) is 1.73. The van der Waals surface area contributed by atoms with E-state index < -0.39 is 0 Å². The van der Waals surface area contributed by atoms with Gasteiger partial charge in [-0.05, 0) is 32.9 Å². The van der Waals surface area contributed by atoms with Crippen LogP contribution in [0.5, 0.6) is 5.75 Å². The Kier molecular flexibility index (Phi) is 6.48. The topological polar surface area (TPSA) is 21.3 Å². The number of hydrogen-bond donors (Lipinski definition) is 1. The summed E-state index contributed by atoms with van der Waals surface area (Å²) in [5, 5.41) is 4.49. The first-order valence-electron chi connectivity index (χ1n) is 5.93. The van der Waals surface area contributed by atoms with Crippen LogP contribution < -0.4 is 10.1 Å². The lowest BCUT2D eigenvalue weighted by Crippen LogP contribution is -2.35. The second-order valence-corrected chi connectivity index (χ2v) is 6.28. The van der Waals surface area contributed by atoms with Crippen LogP contribution in [0.25, 0.3) is 0 Å². The smallest absolute Gasteiger partial charge is 0.125 e. The molecule has 1 rings (SSSR count). The van der Waals surface area contributed by atoms with Crippen LogP contribution in [0.3, 0.4) is 0 Å². The molecule has 19 heavy (non-hydrogen) atoms. The molecule has 0 fully saturated rings. The quantitative estimate of drug-likeness (QED) is 0.830. The van der Waals surface area contributed by atoms with Gasteiger partial charge in [0.15, 0.2) is 0 Å². The molecule has 106 valence electrons. The lowest BCUT2D eigenvalue weighted by Gasteiger charge is -2.22. The maximum absolute atomic E-state index is 6.21. The van der Waals surface area contributed by atoms with Crippen LogP contribution in [0.1, 0.15) is 26.3 Å². The van der Waals surface area contributed by atoms with Gasteiger partial charge in [0.25, 0.3) is 0 Å². The van der Waals surface area contributed by atoms with E-state index in [0.29, 0.717) is 22.3 Å². The third kappa shape index (κ3) is 6.05.